The van der Waals surface area contributed by atoms with E-state index in [9.17, 15) is 10.1 Å². The molecule has 0 spiro atoms. The molecule has 0 radical (unpaired) electrons. The molecule has 1 aromatic carbocycles. The molecule has 38 heavy (non-hydrogen) atoms. The van der Waals surface area contributed by atoms with Crippen LogP contribution in [0.1, 0.15) is 70.7 Å². The first-order valence-electron chi connectivity index (χ1n) is 13.8. The monoisotopic (exact) mass is 514 g/mol. The van der Waals surface area contributed by atoms with Gasteiger partial charge in [0.25, 0.3) is 0 Å². The Hall–Kier alpha value is -3.44. The van der Waals surface area contributed by atoms with Crippen molar-refractivity contribution in [2.45, 2.75) is 71.5 Å². The Morgan fingerprint density at radius 3 is 2.50 bits per heavy atom. The number of hydrogen-bond acceptors (Lipinski definition) is 7. The van der Waals surface area contributed by atoms with Crippen LogP contribution in [-0.4, -0.2) is 51.2 Å². The molecule has 2 aromatic heterocycles. The fourth-order valence-electron chi connectivity index (χ4n) is 5.64. The molecule has 1 aliphatic heterocycles. The molecule has 3 heterocycles. The Morgan fingerprint density at radius 2 is 1.87 bits per heavy atom. The van der Waals surface area contributed by atoms with Gasteiger partial charge in [-0.3, -0.25) is 9.47 Å². The molecule has 2 fully saturated rings. The van der Waals surface area contributed by atoms with Crippen molar-refractivity contribution in [3.8, 4) is 11.8 Å². The molecule has 1 unspecified atom stereocenters. The zero-order valence-electron chi connectivity index (χ0n) is 23.1. The van der Waals surface area contributed by atoms with Gasteiger partial charge >= 0.3 is 5.69 Å². The Labute approximate surface area is 224 Å². The van der Waals surface area contributed by atoms with E-state index in [1.807, 2.05) is 0 Å². The molecule has 3 aromatic rings. The highest BCUT2D eigenvalue weighted by Crippen LogP contribution is 2.45. The number of nitrogens with zero attached hydrogens (tertiary/aromatic N) is 6. The third kappa shape index (κ3) is 5.00. The third-order valence-electron chi connectivity index (χ3n) is 8.42. The molecule has 2 aliphatic rings. The van der Waals surface area contributed by atoms with Gasteiger partial charge in [0.05, 0.1) is 12.1 Å². The second-order valence-electron chi connectivity index (χ2n) is 11.3. The number of fused-ring (bicyclic) bond motifs is 1. The van der Waals surface area contributed by atoms with E-state index in [1.165, 1.54) is 23.0 Å². The summed E-state index contributed by atoms with van der Waals surface area (Å²) in [4.78, 5) is 26.6. The van der Waals surface area contributed by atoms with Gasteiger partial charge in [-0.25, -0.2) is 9.78 Å². The fourth-order valence-corrected chi connectivity index (χ4v) is 5.64. The minimum absolute atomic E-state index is 0.115. The van der Waals surface area contributed by atoms with E-state index >= 15 is 0 Å². The van der Waals surface area contributed by atoms with Crippen molar-refractivity contribution < 1.29 is 4.74 Å². The van der Waals surface area contributed by atoms with Gasteiger partial charge < -0.3 is 9.64 Å². The second-order valence-corrected chi connectivity index (χ2v) is 11.3. The van der Waals surface area contributed by atoms with Crippen LogP contribution in [0.15, 0.2) is 41.2 Å². The SMILES string of the molecule is CCC(c1ccc(OCC2(C)CC2)cc1)N1C[C@H](C)N(c2nc(=O)n(C)c3ccc(C#N)nc23)C[C@H]1CC. The lowest BCUT2D eigenvalue weighted by Gasteiger charge is -2.49. The summed E-state index contributed by atoms with van der Waals surface area (Å²) in [5.74, 6) is 1.51. The standard InChI is InChI=1S/C30H38N6O2/c1-6-23-18-35(28-27-26(34(5)29(37)33-28)13-10-22(16-31)32-27)20(3)17-36(23)25(7-2)21-8-11-24(12-9-21)38-19-30(4)14-15-30/h8-13,20,23,25H,6-7,14-15,17-19H2,1-5H3/t20-,23+,25?/m0/s1. The molecule has 0 amide bonds. The number of pyridine rings is 1. The summed E-state index contributed by atoms with van der Waals surface area (Å²) in [6.45, 7) is 11.3. The largest absolute Gasteiger partial charge is 0.493 e. The van der Waals surface area contributed by atoms with Crippen molar-refractivity contribution in [2.24, 2.45) is 12.5 Å². The van der Waals surface area contributed by atoms with Crippen LogP contribution < -0.4 is 15.3 Å². The first kappa shape index (κ1) is 26.2. The maximum Gasteiger partial charge on any atom is 0.349 e. The van der Waals surface area contributed by atoms with Crippen LogP contribution in [0.4, 0.5) is 5.82 Å². The maximum absolute atomic E-state index is 12.8. The van der Waals surface area contributed by atoms with Crippen LogP contribution >= 0.6 is 0 Å². The molecule has 0 N–H and O–H groups in total. The average Bonchev–Trinajstić information content (AvgIpc) is 3.68. The van der Waals surface area contributed by atoms with Crippen LogP contribution in [0, 0.1) is 16.7 Å². The lowest BCUT2D eigenvalue weighted by atomic mass is 9.96. The lowest BCUT2D eigenvalue weighted by Crippen LogP contribution is -2.58. The van der Waals surface area contributed by atoms with E-state index in [-0.39, 0.29) is 23.8 Å². The van der Waals surface area contributed by atoms with Crippen molar-refractivity contribution in [3.63, 3.8) is 0 Å². The number of ether oxygens (including phenoxy) is 1. The van der Waals surface area contributed by atoms with Gasteiger partial charge in [0.1, 0.15) is 23.0 Å². The smallest absolute Gasteiger partial charge is 0.349 e. The summed E-state index contributed by atoms with van der Waals surface area (Å²) in [7, 11) is 1.69. The van der Waals surface area contributed by atoms with Gasteiger partial charge in [-0.2, -0.15) is 10.2 Å². The van der Waals surface area contributed by atoms with Gasteiger partial charge in [-0.1, -0.05) is 32.9 Å². The van der Waals surface area contributed by atoms with Crippen LogP contribution in [0.5, 0.6) is 5.75 Å². The molecule has 0 bridgehead atoms. The van der Waals surface area contributed by atoms with Gasteiger partial charge in [-0.05, 0) is 62.4 Å². The van der Waals surface area contributed by atoms with Gasteiger partial charge in [-0.15, -0.1) is 0 Å². The Bertz CT molecular complexity index is 1410. The van der Waals surface area contributed by atoms with Crippen molar-refractivity contribution in [3.05, 3.63) is 58.1 Å². The summed E-state index contributed by atoms with van der Waals surface area (Å²) >= 11 is 0. The number of nitriles is 1. The number of aromatic nitrogens is 3. The van der Waals surface area contributed by atoms with Crippen LogP contribution in [0.2, 0.25) is 0 Å². The molecule has 3 atom stereocenters. The molecule has 8 nitrogen and oxygen atoms in total. The van der Waals surface area contributed by atoms with Crippen molar-refractivity contribution in [1.29, 1.82) is 5.26 Å². The molecule has 1 saturated heterocycles. The predicted octanol–water partition coefficient (Wildman–Crippen LogP) is 4.82. The first-order chi connectivity index (χ1) is 18.3. The van der Waals surface area contributed by atoms with Crippen LogP contribution in [0.3, 0.4) is 0 Å². The van der Waals surface area contributed by atoms with Crippen molar-refractivity contribution in [2.75, 3.05) is 24.6 Å². The second kappa shape index (κ2) is 10.4. The Morgan fingerprint density at radius 1 is 1.13 bits per heavy atom. The highest BCUT2D eigenvalue weighted by molar-refractivity contribution is 5.86. The maximum atomic E-state index is 12.8. The van der Waals surface area contributed by atoms with Crippen molar-refractivity contribution >= 4 is 16.9 Å². The minimum atomic E-state index is -0.314. The average molecular weight is 515 g/mol. The van der Waals surface area contributed by atoms with Gasteiger partial charge in [0, 0.05) is 43.7 Å². The molecule has 8 heteroatoms. The summed E-state index contributed by atoms with van der Waals surface area (Å²) in [6, 6.07) is 14.9. The van der Waals surface area contributed by atoms with Crippen LogP contribution in [-0.2, 0) is 7.05 Å². The highest BCUT2D eigenvalue weighted by Gasteiger charge is 2.38. The van der Waals surface area contributed by atoms with Crippen molar-refractivity contribution in [1.82, 2.24) is 19.4 Å². The number of hydrogen-bond donors (Lipinski definition) is 0. The van der Waals surface area contributed by atoms with Gasteiger partial charge in [0.2, 0.25) is 0 Å². The Kier molecular flexibility index (Phi) is 7.15. The molecule has 200 valence electrons. The fraction of sp³-hybridized carbons (Fsp3) is 0.533. The van der Waals surface area contributed by atoms with E-state index in [0.717, 1.165) is 38.3 Å². The number of benzene rings is 1. The summed E-state index contributed by atoms with van der Waals surface area (Å²) in [5.41, 5.74) is 2.96. The number of piperazine rings is 1. The lowest BCUT2D eigenvalue weighted by molar-refractivity contribution is 0.0939. The topological polar surface area (TPSA) is 87.3 Å². The Balaban J connectivity index is 1.40. The summed E-state index contributed by atoms with van der Waals surface area (Å²) in [6.07, 6.45) is 4.48. The predicted molar refractivity (Wildman–Crippen MR) is 149 cm³/mol. The quantitative estimate of drug-likeness (QED) is 0.426. The summed E-state index contributed by atoms with van der Waals surface area (Å²) in [5, 5.41) is 9.44. The normalized spacial score (nSPS) is 21.7. The first-order valence-corrected chi connectivity index (χ1v) is 13.8. The zero-order valence-corrected chi connectivity index (χ0v) is 23.1. The number of anilines is 1. The summed E-state index contributed by atoms with van der Waals surface area (Å²) < 4.78 is 7.56. The van der Waals surface area contributed by atoms with E-state index in [0.29, 0.717) is 28.0 Å². The molecular formula is C30H38N6O2. The van der Waals surface area contributed by atoms with E-state index in [2.05, 4.69) is 77.8 Å². The highest BCUT2D eigenvalue weighted by atomic mass is 16.5. The molecule has 1 aliphatic carbocycles. The molecular weight excluding hydrogens is 476 g/mol. The molecule has 1 saturated carbocycles. The number of rotatable bonds is 8. The van der Waals surface area contributed by atoms with E-state index in [4.69, 9.17) is 4.74 Å². The van der Waals surface area contributed by atoms with Crippen LogP contribution in [0.25, 0.3) is 11.0 Å². The minimum Gasteiger partial charge on any atom is -0.493 e. The molecule has 5 rings (SSSR count). The number of aryl methyl sites for hydroxylation is 1. The third-order valence-corrected chi connectivity index (χ3v) is 8.42. The van der Waals surface area contributed by atoms with Gasteiger partial charge in [0.15, 0.2) is 5.82 Å². The van der Waals surface area contributed by atoms with E-state index in [1.54, 1.807) is 19.2 Å². The zero-order chi connectivity index (χ0) is 27.0. The van der Waals surface area contributed by atoms with E-state index < -0.39 is 0 Å².